The minimum Gasteiger partial charge on any atom is -0.369 e. The highest BCUT2D eigenvalue weighted by Crippen LogP contribution is 2.14. The number of nitrogens with zero attached hydrogens (tertiary/aromatic N) is 3. The molecule has 2 rings (SSSR count). The van der Waals surface area contributed by atoms with Gasteiger partial charge in [0.25, 0.3) is 0 Å². The summed E-state index contributed by atoms with van der Waals surface area (Å²) in [6, 6.07) is 7.82. The summed E-state index contributed by atoms with van der Waals surface area (Å²) in [5.41, 5.74) is 8.92. The minimum absolute atomic E-state index is 0.258. The molecule has 0 aliphatic rings. The number of unbranched alkanes of at least 4 members (excludes halogenated alkanes) is 1. The van der Waals surface area contributed by atoms with Crippen LogP contribution in [0.5, 0.6) is 0 Å². The van der Waals surface area contributed by atoms with E-state index in [1.165, 1.54) is 0 Å². The van der Waals surface area contributed by atoms with Gasteiger partial charge in [-0.25, -0.2) is 9.97 Å². The highest BCUT2D eigenvalue weighted by atomic mass is 16.1. The lowest BCUT2D eigenvalue weighted by Crippen LogP contribution is -2.34. The summed E-state index contributed by atoms with van der Waals surface area (Å²) in [6.07, 6.45) is 2.12. The van der Waals surface area contributed by atoms with Crippen LogP contribution in [0, 0.1) is 6.92 Å². The normalized spacial score (nSPS) is 11.2. The first-order chi connectivity index (χ1) is 10.1. The van der Waals surface area contributed by atoms with E-state index in [0.29, 0.717) is 6.54 Å². The van der Waals surface area contributed by atoms with Crippen molar-refractivity contribution >= 4 is 16.9 Å². The van der Waals surface area contributed by atoms with Gasteiger partial charge in [0.2, 0.25) is 5.91 Å². The molecule has 112 valence electrons. The quantitative estimate of drug-likeness (QED) is 0.845. The first-order valence-corrected chi connectivity index (χ1v) is 7.33. The first kappa shape index (κ1) is 15.4. The number of benzene rings is 1. The number of para-hydroxylation sites is 2. The van der Waals surface area contributed by atoms with Gasteiger partial charge in [-0.1, -0.05) is 25.5 Å². The Morgan fingerprint density at radius 1 is 1.24 bits per heavy atom. The number of carbonyl (C=O) groups excluding carboxylic acids is 1. The van der Waals surface area contributed by atoms with Crippen molar-refractivity contribution in [3.8, 4) is 0 Å². The van der Waals surface area contributed by atoms with Gasteiger partial charge >= 0.3 is 0 Å². The smallest absolute Gasteiger partial charge is 0.231 e. The van der Waals surface area contributed by atoms with Crippen molar-refractivity contribution in [3.05, 3.63) is 35.7 Å². The summed E-state index contributed by atoms with van der Waals surface area (Å²) in [6.45, 7) is 5.79. The van der Waals surface area contributed by atoms with Crippen LogP contribution in [0.3, 0.4) is 0 Å². The zero-order chi connectivity index (χ0) is 15.2. The molecule has 5 heteroatoms. The number of primary amides is 1. The third-order valence-corrected chi connectivity index (χ3v) is 3.42. The standard InChI is InChI=1S/C16H22N4O/c1-3-4-9-20(11-16(17)21)10-15-12(2)18-13-7-5-6-8-14(13)19-15/h5-8H,3-4,9-11H2,1-2H3,(H2,17,21). The molecule has 5 nitrogen and oxygen atoms in total. The molecule has 1 heterocycles. The molecule has 1 amide bonds. The van der Waals surface area contributed by atoms with Crippen LogP contribution >= 0.6 is 0 Å². The highest BCUT2D eigenvalue weighted by Gasteiger charge is 2.12. The van der Waals surface area contributed by atoms with Crippen molar-refractivity contribution in [1.82, 2.24) is 14.9 Å². The second kappa shape index (κ2) is 7.13. The Balaban J connectivity index is 2.22. The molecule has 0 saturated heterocycles. The van der Waals surface area contributed by atoms with Gasteiger partial charge in [0.05, 0.1) is 29.0 Å². The number of amides is 1. The van der Waals surface area contributed by atoms with Gasteiger partial charge in [-0.15, -0.1) is 0 Å². The number of fused-ring (bicyclic) bond motifs is 1. The fourth-order valence-electron chi connectivity index (χ4n) is 2.30. The predicted octanol–water partition coefficient (Wildman–Crippen LogP) is 2.03. The summed E-state index contributed by atoms with van der Waals surface area (Å²) in [7, 11) is 0. The molecule has 0 aliphatic carbocycles. The van der Waals surface area contributed by atoms with Crippen LogP contribution in [0.15, 0.2) is 24.3 Å². The van der Waals surface area contributed by atoms with Crippen molar-refractivity contribution in [3.63, 3.8) is 0 Å². The molecular formula is C16H22N4O. The van der Waals surface area contributed by atoms with E-state index in [4.69, 9.17) is 5.73 Å². The van der Waals surface area contributed by atoms with E-state index in [9.17, 15) is 4.79 Å². The van der Waals surface area contributed by atoms with Crippen LogP contribution in [0.25, 0.3) is 11.0 Å². The summed E-state index contributed by atoms with van der Waals surface area (Å²) < 4.78 is 0. The Labute approximate surface area is 125 Å². The number of carbonyl (C=O) groups is 1. The molecule has 2 N–H and O–H groups in total. The number of aromatic nitrogens is 2. The molecule has 1 aromatic carbocycles. The molecule has 21 heavy (non-hydrogen) atoms. The van der Waals surface area contributed by atoms with E-state index in [0.717, 1.165) is 41.8 Å². The second-order valence-electron chi connectivity index (χ2n) is 5.27. The number of rotatable bonds is 7. The molecule has 0 aliphatic heterocycles. The molecule has 0 unspecified atom stereocenters. The van der Waals surface area contributed by atoms with E-state index in [2.05, 4.69) is 16.9 Å². The van der Waals surface area contributed by atoms with E-state index < -0.39 is 0 Å². The number of aryl methyl sites for hydroxylation is 1. The molecule has 0 atom stereocenters. The maximum absolute atomic E-state index is 11.2. The average Bonchev–Trinajstić information content (AvgIpc) is 2.45. The molecule has 0 spiro atoms. The first-order valence-electron chi connectivity index (χ1n) is 7.33. The molecular weight excluding hydrogens is 264 g/mol. The van der Waals surface area contributed by atoms with E-state index in [-0.39, 0.29) is 12.5 Å². The van der Waals surface area contributed by atoms with Gasteiger partial charge in [-0.05, 0) is 32.0 Å². The molecule has 0 bridgehead atoms. The predicted molar refractivity (Wildman–Crippen MR) is 83.7 cm³/mol. The lowest BCUT2D eigenvalue weighted by Gasteiger charge is -2.20. The van der Waals surface area contributed by atoms with Crippen LogP contribution in [0.4, 0.5) is 0 Å². The molecule has 0 fully saturated rings. The monoisotopic (exact) mass is 286 g/mol. The summed E-state index contributed by atoms with van der Waals surface area (Å²) >= 11 is 0. The molecule has 1 aromatic heterocycles. The Hall–Kier alpha value is -2.01. The van der Waals surface area contributed by atoms with E-state index >= 15 is 0 Å². The Morgan fingerprint density at radius 3 is 2.52 bits per heavy atom. The maximum Gasteiger partial charge on any atom is 0.231 e. The fraction of sp³-hybridized carbons (Fsp3) is 0.438. The maximum atomic E-state index is 11.2. The van der Waals surface area contributed by atoms with E-state index in [1.54, 1.807) is 0 Å². The third-order valence-electron chi connectivity index (χ3n) is 3.42. The number of hydrogen-bond acceptors (Lipinski definition) is 4. The molecule has 2 aromatic rings. The lowest BCUT2D eigenvalue weighted by atomic mass is 10.2. The minimum atomic E-state index is -0.308. The van der Waals surface area contributed by atoms with Crippen LogP contribution in [0.1, 0.15) is 31.2 Å². The second-order valence-corrected chi connectivity index (χ2v) is 5.27. The Kier molecular flexibility index (Phi) is 5.22. The molecule has 0 saturated carbocycles. The average molecular weight is 286 g/mol. The van der Waals surface area contributed by atoms with E-state index in [1.807, 2.05) is 36.1 Å². The summed E-state index contributed by atoms with van der Waals surface area (Å²) in [5, 5.41) is 0. The van der Waals surface area contributed by atoms with Gasteiger partial charge in [-0.2, -0.15) is 0 Å². The van der Waals surface area contributed by atoms with Crippen LogP contribution in [-0.2, 0) is 11.3 Å². The van der Waals surface area contributed by atoms with Gasteiger partial charge in [0.1, 0.15) is 0 Å². The van der Waals surface area contributed by atoms with Gasteiger partial charge in [0, 0.05) is 6.54 Å². The topological polar surface area (TPSA) is 72.1 Å². The number of hydrogen-bond donors (Lipinski definition) is 1. The van der Waals surface area contributed by atoms with Gasteiger partial charge in [0.15, 0.2) is 0 Å². The van der Waals surface area contributed by atoms with Crippen molar-refractivity contribution < 1.29 is 4.79 Å². The van der Waals surface area contributed by atoms with Crippen molar-refractivity contribution in [1.29, 1.82) is 0 Å². The largest absolute Gasteiger partial charge is 0.369 e. The van der Waals surface area contributed by atoms with Crippen LogP contribution < -0.4 is 5.73 Å². The van der Waals surface area contributed by atoms with Crippen LogP contribution in [0.2, 0.25) is 0 Å². The summed E-state index contributed by atoms with van der Waals surface area (Å²) in [5.74, 6) is -0.308. The summed E-state index contributed by atoms with van der Waals surface area (Å²) in [4.78, 5) is 22.5. The lowest BCUT2D eigenvalue weighted by molar-refractivity contribution is -0.119. The highest BCUT2D eigenvalue weighted by molar-refractivity contribution is 5.76. The molecule has 0 radical (unpaired) electrons. The Morgan fingerprint density at radius 2 is 1.90 bits per heavy atom. The number of nitrogens with two attached hydrogens (primary N) is 1. The zero-order valence-electron chi connectivity index (χ0n) is 12.7. The Bertz CT molecular complexity index is 627. The van der Waals surface area contributed by atoms with Gasteiger partial charge in [-0.3, -0.25) is 9.69 Å². The van der Waals surface area contributed by atoms with Crippen molar-refractivity contribution in [2.24, 2.45) is 5.73 Å². The third kappa shape index (κ3) is 4.23. The van der Waals surface area contributed by atoms with Gasteiger partial charge < -0.3 is 5.73 Å². The fourth-order valence-corrected chi connectivity index (χ4v) is 2.30. The van der Waals surface area contributed by atoms with Crippen molar-refractivity contribution in [2.45, 2.75) is 33.2 Å². The van der Waals surface area contributed by atoms with Crippen LogP contribution in [-0.4, -0.2) is 33.9 Å². The zero-order valence-corrected chi connectivity index (χ0v) is 12.7. The SMILES string of the molecule is CCCCN(CC(N)=O)Cc1nc2ccccc2nc1C. The van der Waals surface area contributed by atoms with Crippen molar-refractivity contribution in [2.75, 3.05) is 13.1 Å².